The average molecular weight is 528 g/mol. The second-order valence-electron chi connectivity index (χ2n) is 7.25. The van der Waals surface area contributed by atoms with E-state index in [4.69, 9.17) is 11.6 Å². The number of nitrogens with one attached hydrogen (secondary N) is 2. The molecular weight excluding hydrogens is 497 g/mol. The Bertz CT molecular complexity index is 743. The number of halogens is 2. The second-order valence-corrected chi connectivity index (χ2v) is 7.63. The Balaban J connectivity index is 0.00000300. The monoisotopic (exact) mass is 527 g/mol. The highest BCUT2D eigenvalue weighted by atomic mass is 127. The van der Waals surface area contributed by atoms with Gasteiger partial charge in [0.1, 0.15) is 5.15 Å². The minimum atomic E-state index is 0. The normalized spacial score (nSPS) is 14.9. The summed E-state index contributed by atoms with van der Waals surface area (Å²) >= 11 is 5.82. The van der Waals surface area contributed by atoms with Crippen molar-refractivity contribution in [3.05, 3.63) is 64.4 Å². The van der Waals surface area contributed by atoms with Gasteiger partial charge in [-0.1, -0.05) is 48.4 Å². The molecule has 1 saturated heterocycles. The molecule has 0 unspecified atom stereocenters. The molecule has 158 valence electrons. The van der Waals surface area contributed by atoms with Crippen LogP contribution < -0.4 is 10.6 Å². The van der Waals surface area contributed by atoms with Crippen LogP contribution in [0, 0.1) is 0 Å². The third-order valence-electron chi connectivity index (χ3n) is 5.06. The predicted octanol–water partition coefficient (Wildman–Crippen LogP) is 4.25. The summed E-state index contributed by atoms with van der Waals surface area (Å²) in [6.07, 6.45) is 6.74. The van der Waals surface area contributed by atoms with Crippen molar-refractivity contribution in [1.82, 2.24) is 20.5 Å². The van der Waals surface area contributed by atoms with E-state index in [1.165, 1.54) is 43.5 Å². The molecule has 0 atom stereocenters. The molecule has 2 heterocycles. The van der Waals surface area contributed by atoms with Crippen molar-refractivity contribution >= 4 is 41.5 Å². The number of piperidine rings is 1. The lowest BCUT2D eigenvalue weighted by atomic mass is 10.1. The number of pyridine rings is 1. The number of hydrogen-bond donors (Lipinski definition) is 2. The fourth-order valence-corrected chi connectivity index (χ4v) is 3.54. The van der Waals surface area contributed by atoms with Crippen LogP contribution >= 0.6 is 35.6 Å². The van der Waals surface area contributed by atoms with Crippen LogP contribution in [-0.4, -0.2) is 42.5 Å². The van der Waals surface area contributed by atoms with Crippen molar-refractivity contribution < 1.29 is 0 Å². The van der Waals surface area contributed by atoms with Gasteiger partial charge in [0, 0.05) is 32.9 Å². The third kappa shape index (κ3) is 8.48. The molecule has 7 heteroatoms. The van der Waals surface area contributed by atoms with Crippen LogP contribution in [0.4, 0.5) is 0 Å². The van der Waals surface area contributed by atoms with E-state index in [9.17, 15) is 0 Å². The highest BCUT2D eigenvalue weighted by Crippen LogP contribution is 2.13. The van der Waals surface area contributed by atoms with Gasteiger partial charge < -0.3 is 10.6 Å². The number of aromatic nitrogens is 1. The zero-order valence-electron chi connectivity index (χ0n) is 17.0. The van der Waals surface area contributed by atoms with Gasteiger partial charge in [-0.25, -0.2) is 4.98 Å². The van der Waals surface area contributed by atoms with Crippen LogP contribution in [0.1, 0.15) is 36.0 Å². The van der Waals surface area contributed by atoms with Crippen molar-refractivity contribution in [2.24, 2.45) is 4.99 Å². The maximum Gasteiger partial charge on any atom is 0.191 e. The molecule has 1 fully saturated rings. The Morgan fingerprint density at radius 1 is 1.00 bits per heavy atom. The maximum atomic E-state index is 5.82. The van der Waals surface area contributed by atoms with Crippen LogP contribution in [0.25, 0.3) is 0 Å². The van der Waals surface area contributed by atoms with Crippen molar-refractivity contribution in [2.45, 2.75) is 38.8 Å². The molecule has 5 nitrogen and oxygen atoms in total. The smallest absolute Gasteiger partial charge is 0.191 e. The number of guanidine groups is 1. The van der Waals surface area contributed by atoms with Crippen LogP contribution in [0.15, 0.2) is 47.6 Å². The highest BCUT2D eigenvalue weighted by Gasteiger charge is 2.10. The first-order valence-electron chi connectivity index (χ1n) is 10.1. The van der Waals surface area contributed by atoms with Gasteiger partial charge in [-0.2, -0.15) is 0 Å². The summed E-state index contributed by atoms with van der Waals surface area (Å²) in [5, 5.41) is 7.24. The van der Waals surface area contributed by atoms with Crippen molar-refractivity contribution in [3.8, 4) is 0 Å². The molecule has 1 aromatic carbocycles. The molecule has 3 rings (SSSR count). The Morgan fingerprint density at radius 3 is 2.34 bits per heavy atom. The first-order valence-corrected chi connectivity index (χ1v) is 10.5. The zero-order chi connectivity index (χ0) is 19.6. The molecule has 2 aromatic rings. The first kappa shape index (κ1) is 23.9. The van der Waals surface area contributed by atoms with E-state index in [2.05, 4.69) is 49.8 Å². The number of rotatable bonds is 7. The highest BCUT2D eigenvalue weighted by molar-refractivity contribution is 14.0. The Kier molecular flexibility index (Phi) is 10.7. The lowest BCUT2D eigenvalue weighted by molar-refractivity contribution is 0.221. The molecule has 29 heavy (non-hydrogen) atoms. The summed E-state index contributed by atoms with van der Waals surface area (Å²) in [5.74, 6) is 0.805. The first-order chi connectivity index (χ1) is 13.7. The van der Waals surface area contributed by atoms with E-state index < -0.39 is 0 Å². The Hall–Kier alpha value is -1.38. The van der Waals surface area contributed by atoms with Gasteiger partial charge in [0.05, 0.1) is 0 Å². The lowest BCUT2D eigenvalue weighted by Crippen LogP contribution is -2.37. The molecule has 0 bridgehead atoms. The summed E-state index contributed by atoms with van der Waals surface area (Å²) in [4.78, 5) is 11.0. The van der Waals surface area contributed by atoms with Gasteiger partial charge in [0.15, 0.2) is 5.96 Å². The van der Waals surface area contributed by atoms with E-state index in [0.717, 1.165) is 37.6 Å². The summed E-state index contributed by atoms with van der Waals surface area (Å²) in [6, 6.07) is 12.7. The van der Waals surface area contributed by atoms with E-state index in [-0.39, 0.29) is 24.0 Å². The summed E-state index contributed by atoms with van der Waals surface area (Å²) in [6.45, 7) is 5.08. The van der Waals surface area contributed by atoms with Gasteiger partial charge in [-0.3, -0.25) is 9.89 Å². The van der Waals surface area contributed by atoms with E-state index >= 15 is 0 Å². The summed E-state index contributed by atoms with van der Waals surface area (Å²) in [5.41, 5.74) is 3.80. The van der Waals surface area contributed by atoms with Crippen molar-refractivity contribution in [1.29, 1.82) is 0 Å². The molecule has 0 aliphatic carbocycles. The topological polar surface area (TPSA) is 52.6 Å². The zero-order valence-corrected chi connectivity index (χ0v) is 20.1. The summed E-state index contributed by atoms with van der Waals surface area (Å²) in [7, 11) is 1.79. The number of benzene rings is 1. The van der Waals surface area contributed by atoms with E-state index in [0.29, 0.717) is 5.15 Å². The van der Waals surface area contributed by atoms with Gasteiger partial charge in [-0.05, 0) is 55.1 Å². The molecule has 0 spiro atoms. The van der Waals surface area contributed by atoms with Crippen LogP contribution in [-0.2, 0) is 19.5 Å². The number of likely N-dealkylation sites (tertiary alicyclic amines) is 1. The van der Waals surface area contributed by atoms with Gasteiger partial charge >= 0.3 is 0 Å². The Labute approximate surface area is 196 Å². The minimum Gasteiger partial charge on any atom is -0.356 e. The standard InChI is InChI=1S/C22H30ClN5.HI/c1-24-22(25-12-11-19-9-10-21(23)26-15-19)27-16-18-5-7-20(8-6-18)17-28-13-3-2-4-14-28;/h5-10,15H,2-4,11-14,16-17H2,1H3,(H2,24,25,27);1H. The second kappa shape index (κ2) is 13.0. The van der Waals surface area contributed by atoms with Crippen LogP contribution in [0.3, 0.4) is 0 Å². The van der Waals surface area contributed by atoms with Crippen LogP contribution in [0.5, 0.6) is 0 Å². The Morgan fingerprint density at radius 2 is 1.69 bits per heavy atom. The molecule has 1 aromatic heterocycles. The van der Waals surface area contributed by atoms with Crippen LogP contribution in [0.2, 0.25) is 5.15 Å². The van der Waals surface area contributed by atoms with E-state index in [1.54, 1.807) is 7.05 Å². The molecule has 0 saturated carbocycles. The summed E-state index contributed by atoms with van der Waals surface area (Å²) < 4.78 is 0. The molecule has 0 amide bonds. The number of hydrogen-bond acceptors (Lipinski definition) is 3. The average Bonchev–Trinajstić information content (AvgIpc) is 2.74. The lowest BCUT2D eigenvalue weighted by Gasteiger charge is -2.26. The molecule has 0 radical (unpaired) electrons. The van der Waals surface area contributed by atoms with E-state index in [1.807, 2.05) is 18.3 Å². The fraction of sp³-hybridized carbons (Fsp3) is 0.455. The van der Waals surface area contributed by atoms with Gasteiger partial charge in [-0.15, -0.1) is 24.0 Å². The molecule has 1 aliphatic rings. The van der Waals surface area contributed by atoms with Gasteiger partial charge in [0.2, 0.25) is 0 Å². The largest absolute Gasteiger partial charge is 0.356 e. The van der Waals surface area contributed by atoms with Crippen molar-refractivity contribution in [2.75, 3.05) is 26.7 Å². The predicted molar refractivity (Wildman–Crippen MR) is 132 cm³/mol. The number of aliphatic imine (C=N–C) groups is 1. The third-order valence-corrected chi connectivity index (χ3v) is 5.28. The quantitative estimate of drug-likeness (QED) is 0.245. The maximum absolute atomic E-state index is 5.82. The molecule has 1 aliphatic heterocycles. The van der Waals surface area contributed by atoms with Gasteiger partial charge in [0.25, 0.3) is 0 Å². The molecule has 2 N–H and O–H groups in total. The van der Waals surface area contributed by atoms with Crippen molar-refractivity contribution in [3.63, 3.8) is 0 Å². The SMILES string of the molecule is CN=C(NCCc1ccc(Cl)nc1)NCc1ccc(CN2CCCCC2)cc1.I. The number of nitrogens with zero attached hydrogens (tertiary/aromatic N) is 3. The fourth-order valence-electron chi connectivity index (χ4n) is 3.42. The minimum absolute atomic E-state index is 0. The molecular formula is C22H31ClIN5.